The lowest BCUT2D eigenvalue weighted by Gasteiger charge is -2.26. The number of nitrogens with zero attached hydrogens (tertiary/aromatic N) is 3. The van der Waals surface area contributed by atoms with Crippen molar-refractivity contribution in [2.75, 3.05) is 46.4 Å². The molecular formula is C22H37IN4O. The van der Waals surface area contributed by atoms with E-state index in [1.165, 1.54) is 24.0 Å². The van der Waals surface area contributed by atoms with Crippen LogP contribution in [0.2, 0.25) is 0 Å². The van der Waals surface area contributed by atoms with Crippen LogP contribution in [0.4, 0.5) is 0 Å². The first-order valence-corrected chi connectivity index (χ1v) is 10.5. The second-order valence-electron chi connectivity index (χ2n) is 8.34. The van der Waals surface area contributed by atoms with Gasteiger partial charge < -0.3 is 15.0 Å². The van der Waals surface area contributed by atoms with Crippen LogP contribution in [0.5, 0.6) is 0 Å². The molecule has 0 radical (unpaired) electrons. The van der Waals surface area contributed by atoms with Crippen LogP contribution in [0.1, 0.15) is 37.8 Å². The highest BCUT2D eigenvalue weighted by molar-refractivity contribution is 14.0. The number of ether oxygens (including phenoxy) is 1. The zero-order chi connectivity index (χ0) is 19.1. The van der Waals surface area contributed by atoms with Crippen LogP contribution < -0.4 is 5.32 Å². The Hall–Kier alpha value is -0.860. The van der Waals surface area contributed by atoms with Crippen LogP contribution in [0, 0.1) is 11.8 Å². The first-order chi connectivity index (χ1) is 13.1. The first kappa shape index (κ1) is 23.4. The van der Waals surface area contributed by atoms with E-state index >= 15 is 0 Å². The first-order valence-electron chi connectivity index (χ1n) is 10.5. The number of hydrogen-bond acceptors (Lipinski definition) is 3. The zero-order valence-corrected chi connectivity index (χ0v) is 20.0. The average Bonchev–Trinajstić information content (AvgIpc) is 3.12. The van der Waals surface area contributed by atoms with Crippen LogP contribution >= 0.6 is 24.0 Å². The monoisotopic (exact) mass is 500 g/mol. The van der Waals surface area contributed by atoms with Crippen molar-refractivity contribution in [3.05, 3.63) is 35.4 Å². The van der Waals surface area contributed by atoms with Gasteiger partial charge in [-0.1, -0.05) is 38.1 Å². The minimum atomic E-state index is 0. The number of guanidine groups is 1. The molecule has 2 aliphatic rings. The summed E-state index contributed by atoms with van der Waals surface area (Å²) in [6.07, 6.45) is 2.60. The van der Waals surface area contributed by atoms with Crippen molar-refractivity contribution in [1.29, 1.82) is 0 Å². The Bertz CT molecular complexity index is 599. The lowest BCUT2D eigenvalue weighted by atomic mass is 9.97. The second-order valence-corrected chi connectivity index (χ2v) is 8.34. The smallest absolute Gasteiger partial charge is 0.193 e. The number of benzene rings is 1. The van der Waals surface area contributed by atoms with Gasteiger partial charge in [-0.15, -0.1) is 24.0 Å². The van der Waals surface area contributed by atoms with E-state index in [-0.39, 0.29) is 24.0 Å². The fourth-order valence-corrected chi connectivity index (χ4v) is 4.18. The average molecular weight is 500 g/mol. The van der Waals surface area contributed by atoms with Crippen molar-refractivity contribution in [2.45, 2.75) is 39.8 Å². The molecule has 0 amide bonds. The van der Waals surface area contributed by atoms with E-state index < -0.39 is 0 Å². The summed E-state index contributed by atoms with van der Waals surface area (Å²) in [4.78, 5) is 9.38. The Balaban J connectivity index is 0.00000280. The van der Waals surface area contributed by atoms with Crippen molar-refractivity contribution in [1.82, 2.24) is 15.1 Å². The molecule has 0 aliphatic carbocycles. The van der Waals surface area contributed by atoms with Gasteiger partial charge in [0.1, 0.15) is 0 Å². The normalized spacial score (nSPS) is 21.1. The van der Waals surface area contributed by atoms with Gasteiger partial charge in [0.25, 0.3) is 0 Å². The third-order valence-corrected chi connectivity index (χ3v) is 5.59. The largest absolute Gasteiger partial charge is 0.379 e. The summed E-state index contributed by atoms with van der Waals surface area (Å²) in [6.45, 7) is 12.5. The standard InChI is InChI=1S/C22H36N4O.HI/c1-18(2)14-21-8-9-26(17-21)22(23-3)24-15-19-4-6-20(7-5-19)16-25-10-12-27-13-11-25;/h4-7,18,21H,8-17H2,1-3H3,(H,23,24);1H. The molecule has 6 heteroatoms. The number of aliphatic imine (C=N–C) groups is 1. The van der Waals surface area contributed by atoms with Crippen LogP contribution in [0.15, 0.2) is 29.3 Å². The molecule has 1 aromatic rings. The van der Waals surface area contributed by atoms with Gasteiger partial charge >= 0.3 is 0 Å². The highest BCUT2D eigenvalue weighted by atomic mass is 127. The van der Waals surface area contributed by atoms with Crippen molar-refractivity contribution in [3.8, 4) is 0 Å². The van der Waals surface area contributed by atoms with E-state index in [0.717, 1.165) is 70.3 Å². The molecule has 1 N–H and O–H groups in total. The summed E-state index contributed by atoms with van der Waals surface area (Å²) < 4.78 is 5.42. The maximum Gasteiger partial charge on any atom is 0.193 e. The van der Waals surface area contributed by atoms with Crippen LogP contribution in [-0.2, 0) is 17.8 Å². The molecule has 158 valence electrons. The Labute approximate surface area is 187 Å². The van der Waals surface area contributed by atoms with Gasteiger partial charge in [-0.25, -0.2) is 0 Å². The molecule has 5 nitrogen and oxygen atoms in total. The topological polar surface area (TPSA) is 40.1 Å². The molecule has 28 heavy (non-hydrogen) atoms. The highest BCUT2D eigenvalue weighted by Gasteiger charge is 2.25. The molecule has 1 aromatic carbocycles. The van der Waals surface area contributed by atoms with Crippen molar-refractivity contribution in [3.63, 3.8) is 0 Å². The summed E-state index contributed by atoms with van der Waals surface area (Å²) >= 11 is 0. The lowest BCUT2D eigenvalue weighted by molar-refractivity contribution is 0.0342. The van der Waals surface area contributed by atoms with Crippen molar-refractivity contribution < 1.29 is 4.74 Å². The summed E-state index contributed by atoms with van der Waals surface area (Å²) in [5.41, 5.74) is 2.68. The number of likely N-dealkylation sites (tertiary alicyclic amines) is 1. The molecule has 3 rings (SSSR count). The third kappa shape index (κ3) is 7.19. The Kier molecular flexibility index (Phi) is 10.0. The summed E-state index contributed by atoms with van der Waals surface area (Å²) in [7, 11) is 1.89. The van der Waals surface area contributed by atoms with E-state index in [1.807, 2.05) is 7.05 Å². The minimum Gasteiger partial charge on any atom is -0.379 e. The Morgan fingerprint density at radius 2 is 1.82 bits per heavy atom. The number of nitrogens with one attached hydrogen (secondary N) is 1. The molecule has 0 saturated carbocycles. The van der Waals surface area contributed by atoms with E-state index in [2.05, 4.69) is 58.2 Å². The number of hydrogen-bond donors (Lipinski definition) is 1. The molecule has 0 bridgehead atoms. The van der Waals surface area contributed by atoms with Gasteiger partial charge in [0.2, 0.25) is 0 Å². The molecule has 0 aromatic heterocycles. The van der Waals surface area contributed by atoms with Gasteiger partial charge in [-0.3, -0.25) is 9.89 Å². The summed E-state index contributed by atoms with van der Waals surface area (Å²) in [6, 6.07) is 8.98. The van der Waals surface area contributed by atoms with E-state index in [0.29, 0.717) is 0 Å². The fourth-order valence-electron chi connectivity index (χ4n) is 4.18. The van der Waals surface area contributed by atoms with Gasteiger partial charge in [0.05, 0.1) is 13.2 Å². The molecule has 1 unspecified atom stereocenters. The lowest BCUT2D eigenvalue weighted by Crippen LogP contribution is -2.39. The quantitative estimate of drug-likeness (QED) is 0.369. The van der Waals surface area contributed by atoms with Gasteiger partial charge in [-0.05, 0) is 35.8 Å². The van der Waals surface area contributed by atoms with Crippen molar-refractivity contribution >= 4 is 29.9 Å². The highest BCUT2D eigenvalue weighted by Crippen LogP contribution is 2.23. The molecule has 2 fully saturated rings. The van der Waals surface area contributed by atoms with E-state index in [4.69, 9.17) is 4.74 Å². The van der Waals surface area contributed by atoms with Gasteiger partial charge in [0, 0.05) is 46.3 Å². The van der Waals surface area contributed by atoms with Crippen LogP contribution in [0.3, 0.4) is 0 Å². The predicted octanol–water partition coefficient (Wildman–Crippen LogP) is 3.58. The summed E-state index contributed by atoms with van der Waals surface area (Å²) in [5, 5.41) is 3.55. The molecular weight excluding hydrogens is 463 g/mol. The molecule has 2 aliphatic heterocycles. The van der Waals surface area contributed by atoms with Crippen LogP contribution in [0.25, 0.3) is 0 Å². The maximum absolute atomic E-state index is 5.42. The number of halogens is 1. The van der Waals surface area contributed by atoms with Crippen LogP contribution in [-0.4, -0.2) is 62.2 Å². The fraction of sp³-hybridized carbons (Fsp3) is 0.682. The zero-order valence-electron chi connectivity index (χ0n) is 17.7. The third-order valence-electron chi connectivity index (χ3n) is 5.59. The maximum atomic E-state index is 5.42. The molecule has 2 saturated heterocycles. The Morgan fingerprint density at radius 1 is 1.14 bits per heavy atom. The molecule has 2 heterocycles. The number of morpholine rings is 1. The Morgan fingerprint density at radius 3 is 2.46 bits per heavy atom. The molecule has 1 atom stereocenters. The van der Waals surface area contributed by atoms with Gasteiger partial charge in [0.15, 0.2) is 5.96 Å². The predicted molar refractivity (Wildman–Crippen MR) is 127 cm³/mol. The van der Waals surface area contributed by atoms with Gasteiger partial charge in [-0.2, -0.15) is 0 Å². The van der Waals surface area contributed by atoms with E-state index in [1.54, 1.807) is 0 Å². The summed E-state index contributed by atoms with van der Waals surface area (Å²) in [5.74, 6) is 2.63. The number of rotatable bonds is 6. The second kappa shape index (κ2) is 12.0. The molecule has 0 spiro atoms. The van der Waals surface area contributed by atoms with E-state index in [9.17, 15) is 0 Å². The van der Waals surface area contributed by atoms with Crippen molar-refractivity contribution in [2.24, 2.45) is 16.8 Å². The SMILES string of the molecule is CN=C(NCc1ccc(CN2CCOCC2)cc1)N1CCC(CC(C)C)C1.I. The minimum absolute atomic E-state index is 0.